The predicted octanol–water partition coefficient (Wildman–Crippen LogP) is 4.06. The topological polar surface area (TPSA) is 88.8 Å². The lowest BCUT2D eigenvalue weighted by Gasteiger charge is -2.06. The first kappa shape index (κ1) is 18.4. The highest BCUT2D eigenvalue weighted by Gasteiger charge is 2.36. The van der Waals surface area contributed by atoms with Crippen molar-refractivity contribution in [3.05, 3.63) is 59.4 Å². The maximum absolute atomic E-state index is 13.1. The number of hydrogen-bond acceptors (Lipinski definition) is 3. The SMILES string of the molecule is NS(=O)(=O)c1ccc(-c2nc(C(F)(F)F)[nH]c2-c2ccccc2Cl)cc1. The van der Waals surface area contributed by atoms with Crippen molar-refractivity contribution in [1.29, 1.82) is 0 Å². The molecule has 3 aromatic rings. The zero-order valence-electron chi connectivity index (χ0n) is 12.9. The Morgan fingerprint density at radius 2 is 1.65 bits per heavy atom. The third-order valence-corrected chi connectivity index (χ3v) is 4.83. The number of sulfonamides is 1. The molecule has 3 N–H and O–H groups in total. The van der Waals surface area contributed by atoms with E-state index in [4.69, 9.17) is 16.7 Å². The van der Waals surface area contributed by atoms with E-state index in [1.807, 2.05) is 0 Å². The van der Waals surface area contributed by atoms with E-state index in [0.29, 0.717) is 5.56 Å². The van der Waals surface area contributed by atoms with Crippen molar-refractivity contribution in [2.45, 2.75) is 11.1 Å². The third-order valence-electron chi connectivity index (χ3n) is 3.57. The minimum absolute atomic E-state index is 0.00797. The fraction of sp³-hybridized carbons (Fsp3) is 0.0625. The van der Waals surface area contributed by atoms with Gasteiger partial charge < -0.3 is 4.98 Å². The monoisotopic (exact) mass is 401 g/mol. The molecule has 0 radical (unpaired) electrons. The van der Waals surface area contributed by atoms with Crippen LogP contribution in [-0.4, -0.2) is 18.4 Å². The lowest BCUT2D eigenvalue weighted by Crippen LogP contribution is -2.11. The lowest BCUT2D eigenvalue weighted by molar-refractivity contribution is -0.144. The summed E-state index contributed by atoms with van der Waals surface area (Å²) in [6, 6.07) is 11.4. The number of primary sulfonamides is 1. The van der Waals surface area contributed by atoms with E-state index >= 15 is 0 Å². The molecule has 3 rings (SSSR count). The Morgan fingerprint density at radius 3 is 2.19 bits per heavy atom. The zero-order valence-corrected chi connectivity index (χ0v) is 14.5. The van der Waals surface area contributed by atoms with Gasteiger partial charge in [0.1, 0.15) is 0 Å². The molecule has 0 aliphatic carbocycles. The van der Waals surface area contributed by atoms with Crippen molar-refractivity contribution >= 4 is 21.6 Å². The van der Waals surface area contributed by atoms with Crippen LogP contribution in [0.1, 0.15) is 5.82 Å². The molecule has 0 fully saturated rings. The summed E-state index contributed by atoms with van der Waals surface area (Å²) >= 11 is 6.10. The van der Waals surface area contributed by atoms with Crippen LogP contribution in [0, 0.1) is 0 Å². The molecule has 0 unspecified atom stereocenters. The van der Waals surface area contributed by atoms with Crippen LogP contribution in [0.3, 0.4) is 0 Å². The summed E-state index contributed by atoms with van der Waals surface area (Å²) < 4.78 is 62.0. The first-order valence-electron chi connectivity index (χ1n) is 7.13. The average molecular weight is 402 g/mol. The number of aromatic amines is 1. The molecule has 136 valence electrons. The number of rotatable bonds is 3. The minimum Gasteiger partial charge on any atom is -0.334 e. The number of benzene rings is 2. The Kier molecular flexibility index (Phi) is 4.55. The van der Waals surface area contributed by atoms with Gasteiger partial charge >= 0.3 is 6.18 Å². The van der Waals surface area contributed by atoms with Crippen molar-refractivity contribution in [2.75, 3.05) is 0 Å². The summed E-state index contributed by atoms with van der Waals surface area (Å²) in [5.41, 5.74) is 0.680. The first-order valence-corrected chi connectivity index (χ1v) is 9.05. The van der Waals surface area contributed by atoms with E-state index in [9.17, 15) is 21.6 Å². The molecule has 0 spiro atoms. The van der Waals surface area contributed by atoms with Crippen LogP contribution in [0.25, 0.3) is 22.5 Å². The minimum atomic E-state index is -4.69. The van der Waals surface area contributed by atoms with Gasteiger partial charge in [0.05, 0.1) is 16.3 Å². The van der Waals surface area contributed by atoms with Gasteiger partial charge in [0.25, 0.3) is 0 Å². The second-order valence-electron chi connectivity index (χ2n) is 5.36. The van der Waals surface area contributed by atoms with Crippen molar-refractivity contribution in [3.8, 4) is 22.5 Å². The molecule has 26 heavy (non-hydrogen) atoms. The first-order chi connectivity index (χ1) is 12.1. The van der Waals surface area contributed by atoms with E-state index in [0.717, 1.165) is 0 Å². The van der Waals surface area contributed by atoms with Crippen LogP contribution in [0.4, 0.5) is 13.2 Å². The van der Waals surface area contributed by atoms with Crippen molar-refractivity contribution in [3.63, 3.8) is 0 Å². The molecule has 0 aliphatic heterocycles. The number of nitrogens with one attached hydrogen (secondary N) is 1. The molecule has 0 aliphatic rings. The fourth-order valence-corrected chi connectivity index (χ4v) is 3.12. The standard InChI is InChI=1S/C16H11ClF3N3O2S/c17-12-4-2-1-3-11(12)14-13(22-15(23-14)16(18,19)20)9-5-7-10(8-6-9)26(21,24)25/h1-8H,(H,22,23)(H2,21,24,25). The van der Waals surface area contributed by atoms with E-state index in [1.165, 1.54) is 24.3 Å². The van der Waals surface area contributed by atoms with Gasteiger partial charge in [0, 0.05) is 16.1 Å². The van der Waals surface area contributed by atoms with Crippen LogP contribution in [0.5, 0.6) is 0 Å². The van der Waals surface area contributed by atoms with Crippen molar-refractivity contribution < 1.29 is 21.6 Å². The van der Waals surface area contributed by atoms with Crippen LogP contribution < -0.4 is 5.14 Å². The van der Waals surface area contributed by atoms with Crippen LogP contribution in [0.15, 0.2) is 53.4 Å². The van der Waals surface area contributed by atoms with Gasteiger partial charge in [0.2, 0.25) is 15.8 Å². The Hall–Kier alpha value is -2.36. The molecule has 2 aromatic carbocycles. The molecule has 0 amide bonds. The molecule has 1 aromatic heterocycles. The highest BCUT2D eigenvalue weighted by Crippen LogP contribution is 2.38. The summed E-state index contributed by atoms with van der Waals surface area (Å²) in [6.45, 7) is 0. The summed E-state index contributed by atoms with van der Waals surface area (Å²) in [7, 11) is -3.92. The number of nitrogens with zero attached hydrogens (tertiary/aromatic N) is 1. The highest BCUT2D eigenvalue weighted by atomic mass is 35.5. The molecule has 0 bridgehead atoms. The zero-order chi connectivity index (χ0) is 19.1. The number of alkyl halides is 3. The summed E-state index contributed by atoms with van der Waals surface area (Å²) in [5, 5.41) is 5.27. The third kappa shape index (κ3) is 3.59. The number of imidazole rings is 1. The quantitative estimate of drug-likeness (QED) is 0.693. The van der Waals surface area contributed by atoms with Crippen LogP contribution in [0.2, 0.25) is 5.02 Å². The maximum Gasteiger partial charge on any atom is 0.449 e. The maximum atomic E-state index is 13.1. The molecule has 0 atom stereocenters. The normalized spacial score (nSPS) is 12.3. The molecule has 10 heteroatoms. The van der Waals surface area contributed by atoms with Gasteiger partial charge in [-0.1, -0.05) is 41.9 Å². The lowest BCUT2D eigenvalue weighted by atomic mass is 10.1. The number of hydrogen-bond donors (Lipinski definition) is 2. The van der Waals surface area contributed by atoms with Crippen LogP contribution >= 0.6 is 11.6 Å². The summed E-state index contributed by atoms with van der Waals surface area (Å²) in [6.07, 6.45) is -4.69. The molecular weight excluding hydrogens is 391 g/mol. The van der Waals surface area contributed by atoms with E-state index in [-0.39, 0.29) is 26.9 Å². The second kappa shape index (κ2) is 6.42. The molecular formula is C16H11ClF3N3O2S. The Morgan fingerprint density at radius 1 is 1.04 bits per heavy atom. The molecule has 5 nitrogen and oxygen atoms in total. The number of H-pyrrole nitrogens is 1. The number of aromatic nitrogens is 2. The van der Waals surface area contributed by atoms with Crippen LogP contribution in [-0.2, 0) is 16.2 Å². The predicted molar refractivity (Wildman–Crippen MR) is 90.8 cm³/mol. The van der Waals surface area contributed by atoms with Gasteiger partial charge in [-0.2, -0.15) is 13.2 Å². The smallest absolute Gasteiger partial charge is 0.334 e. The number of halogens is 4. The average Bonchev–Trinajstić information content (AvgIpc) is 3.00. The molecule has 0 saturated heterocycles. The van der Waals surface area contributed by atoms with Gasteiger partial charge in [-0.05, 0) is 18.2 Å². The second-order valence-corrected chi connectivity index (χ2v) is 7.32. The summed E-state index contributed by atoms with van der Waals surface area (Å²) in [5.74, 6) is -1.18. The van der Waals surface area contributed by atoms with Gasteiger partial charge in [0.15, 0.2) is 0 Å². The van der Waals surface area contributed by atoms with Gasteiger partial charge in [-0.15, -0.1) is 0 Å². The van der Waals surface area contributed by atoms with Gasteiger partial charge in [-0.25, -0.2) is 18.5 Å². The molecule has 0 saturated carbocycles. The van der Waals surface area contributed by atoms with E-state index < -0.39 is 22.0 Å². The fourth-order valence-electron chi connectivity index (χ4n) is 2.38. The van der Waals surface area contributed by atoms with Gasteiger partial charge in [-0.3, -0.25) is 0 Å². The largest absolute Gasteiger partial charge is 0.449 e. The highest BCUT2D eigenvalue weighted by molar-refractivity contribution is 7.89. The van der Waals surface area contributed by atoms with E-state index in [2.05, 4.69) is 9.97 Å². The number of nitrogens with two attached hydrogens (primary N) is 1. The van der Waals surface area contributed by atoms with E-state index in [1.54, 1.807) is 24.3 Å². The van der Waals surface area contributed by atoms with Crippen molar-refractivity contribution in [2.24, 2.45) is 5.14 Å². The molecule has 1 heterocycles. The Balaban J connectivity index is 2.20. The van der Waals surface area contributed by atoms with Crippen molar-refractivity contribution in [1.82, 2.24) is 9.97 Å². The Bertz CT molecular complexity index is 1060. The Labute approximate surface area is 151 Å². The summed E-state index contributed by atoms with van der Waals surface area (Å²) in [4.78, 5) is 5.74.